The van der Waals surface area contributed by atoms with Gasteiger partial charge in [0.15, 0.2) is 12.0 Å². The van der Waals surface area contributed by atoms with Crippen LogP contribution in [0.25, 0.3) is 22.6 Å². The topological polar surface area (TPSA) is 58.8 Å². The maximum absolute atomic E-state index is 11.6. The van der Waals surface area contributed by atoms with Gasteiger partial charge < -0.3 is 14.2 Å². The molecule has 0 amide bonds. The van der Waals surface area contributed by atoms with Gasteiger partial charge in [-0.3, -0.25) is 9.69 Å². The zero-order valence-electron chi connectivity index (χ0n) is 16.7. The normalized spacial score (nSPS) is 16.5. The third-order valence-electron chi connectivity index (χ3n) is 5.36. The van der Waals surface area contributed by atoms with Crippen molar-refractivity contribution in [3.63, 3.8) is 0 Å². The number of carbonyl (C=O) groups excluding carboxylic acids is 1. The Hall–Kier alpha value is -2.96. The van der Waals surface area contributed by atoms with E-state index >= 15 is 0 Å². The van der Waals surface area contributed by atoms with Crippen LogP contribution in [0.3, 0.4) is 0 Å². The molecule has 6 nitrogen and oxygen atoms in total. The van der Waals surface area contributed by atoms with E-state index in [1.54, 1.807) is 0 Å². The highest BCUT2D eigenvalue weighted by molar-refractivity contribution is 5.72. The summed E-state index contributed by atoms with van der Waals surface area (Å²) in [5.41, 5.74) is 3.75. The van der Waals surface area contributed by atoms with Gasteiger partial charge in [0.2, 0.25) is 6.23 Å². The van der Waals surface area contributed by atoms with E-state index in [0.717, 1.165) is 60.6 Å². The van der Waals surface area contributed by atoms with Gasteiger partial charge in [-0.15, -0.1) is 0 Å². The predicted molar refractivity (Wildman–Crippen MR) is 112 cm³/mol. The Morgan fingerprint density at radius 1 is 1.00 bits per heavy atom. The molecule has 150 valence electrons. The van der Waals surface area contributed by atoms with Crippen LogP contribution in [-0.4, -0.2) is 60.7 Å². The van der Waals surface area contributed by atoms with E-state index in [2.05, 4.69) is 22.0 Å². The summed E-state index contributed by atoms with van der Waals surface area (Å²) in [6, 6.07) is 17.6. The first-order valence-corrected chi connectivity index (χ1v) is 9.82. The van der Waals surface area contributed by atoms with Gasteiger partial charge in [0.05, 0.1) is 0 Å². The molecule has 0 N–H and O–H groups in total. The van der Waals surface area contributed by atoms with E-state index in [1.165, 1.54) is 0 Å². The van der Waals surface area contributed by atoms with Crippen molar-refractivity contribution in [3.8, 4) is 28.3 Å². The summed E-state index contributed by atoms with van der Waals surface area (Å²) >= 11 is 0. The summed E-state index contributed by atoms with van der Waals surface area (Å²) in [6.45, 7) is 5.51. The smallest absolute Gasteiger partial charge is 0.209 e. The number of likely N-dealkylation sites (N-methyl/N-ethyl adjacent to an activating group) is 1. The van der Waals surface area contributed by atoms with Crippen LogP contribution in [0, 0.1) is 6.92 Å². The maximum Gasteiger partial charge on any atom is 0.209 e. The minimum atomic E-state index is -0.562. The fourth-order valence-electron chi connectivity index (χ4n) is 3.56. The standard InChI is InChI=1S/C23H25N3O3/c1-17-22(24-29-23(17)19-6-4-3-5-7-19)18-8-10-20(11-9-18)28-21(16-27)26-14-12-25(2)13-15-26/h3-11,16,21H,12-15H2,1-2H3. The van der Waals surface area contributed by atoms with Crippen molar-refractivity contribution in [2.75, 3.05) is 33.2 Å². The molecule has 0 radical (unpaired) electrons. The van der Waals surface area contributed by atoms with Crippen molar-refractivity contribution in [1.29, 1.82) is 0 Å². The molecule has 29 heavy (non-hydrogen) atoms. The van der Waals surface area contributed by atoms with Gasteiger partial charge in [0.1, 0.15) is 11.4 Å². The second-order valence-electron chi connectivity index (χ2n) is 7.36. The largest absolute Gasteiger partial charge is 0.468 e. The molecule has 0 saturated carbocycles. The first kappa shape index (κ1) is 19.4. The monoisotopic (exact) mass is 391 g/mol. The molecule has 2 aromatic carbocycles. The number of hydrogen-bond acceptors (Lipinski definition) is 6. The number of nitrogens with zero attached hydrogens (tertiary/aromatic N) is 3. The van der Waals surface area contributed by atoms with E-state index in [-0.39, 0.29) is 0 Å². The number of carbonyl (C=O) groups is 1. The molecule has 1 unspecified atom stereocenters. The van der Waals surface area contributed by atoms with Gasteiger partial charge in [-0.2, -0.15) is 0 Å². The average Bonchev–Trinajstić information content (AvgIpc) is 3.15. The van der Waals surface area contributed by atoms with E-state index in [4.69, 9.17) is 9.26 Å². The molecular formula is C23H25N3O3. The number of rotatable bonds is 6. The Bertz CT molecular complexity index is 945. The van der Waals surface area contributed by atoms with Crippen molar-refractivity contribution in [3.05, 3.63) is 60.2 Å². The molecule has 1 fully saturated rings. The van der Waals surface area contributed by atoms with Gasteiger partial charge >= 0.3 is 0 Å². The Labute approximate surface area is 170 Å². The van der Waals surface area contributed by atoms with Crippen molar-refractivity contribution in [1.82, 2.24) is 15.0 Å². The van der Waals surface area contributed by atoms with Crippen molar-refractivity contribution in [2.45, 2.75) is 13.2 Å². The lowest BCUT2D eigenvalue weighted by Gasteiger charge is -2.35. The lowest BCUT2D eigenvalue weighted by atomic mass is 10.0. The van der Waals surface area contributed by atoms with Crippen LogP contribution < -0.4 is 4.74 Å². The molecule has 0 bridgehead atoms. The second-order valence-corrected chi connectivity index (χ2v) is 7.36. The Kier molecular flexibility index (Phi) is 5.74. The van der Waals surface area contributed by atoms with Crippen LogP contribution in [-0.2, 0) is 4.79 Å². The van der Waals surface area contributed by atoms with Crippen molar-refractivity contribution < 1.29 is 14.1 Å². The number of aromatic nitrogens is 1. The lowest BCUT2D eigenvalue weighted by Crippen LogP contribution is -2.51. The number of aldehydes is 1. The molecule has 4 rings (SSSR count). The summed E-state index contributed by atoms with van der Waals surface area (Å²) in [5, 5.41) is 4.26. The highest BCUT2D eigenvalue weighted by atomic mass is 16.5. The zero-order chi connectivity index (χ0) is 20.2. The first-order chi connectivity index (χ1) is 14.2. The molecular weight excluding hydrogens is 366 g/mol. The Balaban J connectivity index is 1.48. The van der Waals surface area contributed by atoms with Crippen LogP contribution >= 0.6 is 0 Å². The number of ether oxygens (including phenoxy) is 1. The molecule has 1 saturated heterocycles. The quantitative estimate of drug-likeness (QED) is 0.600. The minimum absolute atomic E-state index is 0.562. The van der Waals surface area contributed by atoms with Crippen LogP contribution in [0.5, 0.6) is 5.75 Å². The van der Waals surface area contributed by atoms with Gasteiger partial charge in [0, 0.05) is 42.9 Å². The van der Waals surface area contributed by atoms with Gasteiger partial charge in [0.25, 0.3) is 0 Å². The molecule has 1 atom stereocenters. The Morgan fingerprint density at radius 2 is 1.69 bits per heavy atom. The zero-order valence-corrected chi connectivity index (χ0v) is 16.7. The fraction of sp³-hybridized carbons (Fsp3) is 0.304. The van der Waals surface area contributed by atoms with Crippen LogP contribution in [0.4, 0.5) is 0 Å². The molecule has 0 aliphatic carbocycles. The molecule has 3 aromatic rings. The maximum atomic E-state index is 11.6. The molecule has 2 heterocycles. The number of benzene rings is 2. The highest BCUT2D eigenvalue weighted by Gasteiger charge is 2.23. The third kappa shape index (κ3) is 4.23. The molecule has 6 heteroatoms. The average molecular weight is 391 g/mol. The van der Waals surface area contributed by atoms with Gasteiger partial charge in [-0.05, 0) is 38.2 Å². The van der Waals surface area contributed by atoms with E-state index in [0.29, 0.717) is 5.75 Å². The van der Waals surface area contributed by atoms with E-state index < -0.39 is 6.23 Å². The second kappa shape index (κ2) is 8.59. The van der Waals surface area contributed by atoms with E-state index in [9.17, 15) is 4.79 Å². The first-order valence-electron chi connectivity index (χ1n) is 9.82. The lowest BCUT2D eigenvalue weighted by molar-refractivity contribution is -0.123. The highest BCUT2D eigenvalue weighted by Crippen LogP contribution is 2.32. The van der Waals surface area contributed by atoms with Gasteiger partial charge in [-0.1, -0.05) is 35.5 Å². The fourth-order valence-corrected chi connectivity index (χ4v) is 3.56. The minimum Gasteiger partial charge on any atom is -0.468 e. The van der Waals surface area contributed by atoms with Crippen molar-refractivity contribution >= 4 is 6.29 Å². The molecule has 0 spiro atoms. The summed E-state index contributed by atoms with van der Waals surface area (Å²) < 4.78 is 11.5. The van der Waals surface area contributed by atoms with Crippen molar-refractivity contribution in [2.24, 2.45) is 0 Å². The predicted octanol–water partition coefficient (Wildman–Crippen LogP) is 3.47. The van der Waals surface area contributed by atoms with Crippen LogP contribution in [0.15, 0.2) is 59.1 Å². The third-order valence-corrected chi connectivity index (χ3v) is 5.36. The van der Waals surface area contributed by atoms with E-state index in [1.807, 2.05) is 61.5 Å². The summed E-state index contributed by atoms with van der Waals surface area (Å²) in [5.74, 6) is 1.44. The summed E-state index contributed by atoms with van der Waals surface area (Å²) in [4.78, 5) is 15.9. The molecule has 1 aromatic heterocycles. The number of piperazine rings is 1. The van der Waals surface area contributed by atoms with Crippen LogP contribution in [0.2, 0.25) is 0 Å². The number of hydrogen-bond donors (Lipinski definition) is 0. The SMILES string of the molecule is Cc1c(-c2ccc(OC(C=O)N3CCN(C)CC3)cc2)noc1-c1ccccc1. The summed E-state index contributed by atoms with van der Waals surface area (Å²) in [7, 11) is 2.09. The van der Waals surface area contributed by atoms with Crippen LogP contribution in [0.1, 0.15) is 5.56 Å². The van der Waals surface area contributed by atoms with Gasteiger partial charge in [-0.25, -0.2) is 0 Å². The molecule has 1 aliphatic heterocycles. The summed E-state index contributed by atoms with van der Waals surface area (Å²) in [6.07, 6.45) is 0.306. The Morgan fingerprint density at radius 3 is 2.34 bits per heavy atom. The molecule has 1 aliphatic rings.